The van der Waals surface area contributed by atoms with Crippen LogP contribution in [0.2, 0.25) is 0 Å². The van der Waals surface area contributed by atoms with E-state index in [1.165, 1.54) is 6.20 Å². The van der Waals surface area contributed by atoms with E-state index in [-0.39, 0.29) is 17.5 Å². The lowest BCUT2D eigenvalue weighted by Gasteiger charge is -2.09. The minimum Gasteiger partial charge on any atom is -0.457 e. The number of hydrogen-bond donors (Lipinski definition) is 3. The second kappa shape index (κ2) is 9.13. The van der Waals surface area contributed by atoms with Crippen molar-refractivity contribution in [2.45, 2.75) is 6.42 Å². The number of hydrogen-bond acceptors (Lipinski definition) is 4. The first-order valence-corrected chi connectivity index (χ1v) is 9.92. The van der Waals surface area contributed by atoms with Crippen LogP contribution in [0.4, 0.5) is 0 Å². The molecule has 4 rings (SSSR count). The van der Waals surface area contributed by atoms with Crippen LogP contribution >= 0.6 is 0 Å². The number of nitrogens with one attached hydrogen (secondary N) is 3. The monoisotopic (exact) mass is 414 g/mol. The van der Waals surface area contributed by atoms with Crippen molar-refractivity contribution in [3.05, 3.63) is 89.9 Å². The molecule has 0 aliphatic carbocycles. The molecule has 7 nitrogen and oxygen atoms in total. The third-order valence-corrected chi connectivity index (χ3v) is 4.84. The van der Waals surface area contributed by atoms with E-state index in [1.54, 1.807) is 19.2 Å². The number of carbonyl (C=O) groups excluding carboxylic acids is 2. The molecular formula is C24H22N4O3. The molecule has 0 spiro atoms. The summed E-state index contributed by atoms with van der Waals surface area (Å²) in [6.45, 7) is 0.504. The van der Waals surface area contributed by atoms with Gasteiger partial charge in [-0.05, 0) is 54.4 Å². The minimum absolute atomic E-state index is 0.103. The molecule has 4 aromatic rings. The highest BCUT2D eigenvalue weighted by Crippen LogP contribution is 2.22. The summed E-state index contributed by atoms with van der Waals surface area (Å²) in [4.78, 5) is 31.3. The molecule has 156 valence electrons. The highest BCUT2D eigenvalue weighted by molar-refractivity contribution is 5.98. The molecule has 0 bridgehead atoms. The van der Waals surface area contributed by atoms with Crippen LogP contribution in [0.15, 0.2) is 73.1 Å². The van der Waals surface area contributed by atoms with Gasteiger partial charge in [-0.25, -0.2) is 0 Å². The summed E-state index contributed by atoms with van der Waals surface area (Å²) in [6, 6.07) is 18.4. The quantitative estimate of drug-likeness (QED) is 0.430. The van der Waals surface area contributed by atoms with Crippen molar-refractivity contribution in [1.82, 2.24) is 20.6 Å². The van der Waals surface area contributed by atoms with Crippen molar-refractivity contribution in [3.8, 4) is 11.5 Å². The van der Waals surface area contributed by atoms with Gasteiger partial charge in [0.2, 0.25) is 0 Å². The molecule has 0 fully saturated rings. The summed E-state index contributed by atoms with van der Waals surface area (Å²) < 4.78 is 5.87. The number of nitrogens with zero attached hydrogens (tertiary/aromatic N) is 1. The van der Waals surface area contributed by atoms with Crippen LogP contribution in [0.25, 0.3) is 10.9 Å². The molecule has 2 heterocycles. The molecule has 2 amide bonds. The first-order valence-electron chi connectivity index (χ1n) is 9.92. The van der Waals surface area contributed by atoms with Crippen molar-refractivity contribution < 1.29 is 14.3 Å². The Hall–Kier alpha value is -4.13. The van der Waals surface area contributed by atoms with Gasteiger partial charge >= 0.3 is 0 Å². The van der Waals surface area contributed by atoms with E-state index in [2.05, 4.69) is 20.6 Å². The van der Waals surface area contributed by atoms with Gasteiger partial charge in [-0.1, -0.05) is 12.1 Å². The highest BCUT2D eigenvalue weighted by Gasteiger charge is 2.08. The Morgan fingerprint density at radius 2 is 1.87 bits per heavy atom. The SMILES string of the molecule is CNC(=O)c1cc(Oc2cccc(CCNC(=O)c3ccc4[nH]ccc4c3)c2)ccn1. The Balaban J connectivity index is 1.35. The van der Waals surface area contributed by atoms with Crippen molar-refractivity contribution in [2.24, 2.45) is 0 Å². The van der Waals surface area contributed by atoms with Crippen molar-refractivity contribution in [3.63, 3.8) is 0 Å². The Labute approximate surface area is 179 Å². The smallest absolute Gasteiger partial charge is 0.269 e. The van der Waals surface area contributed by atoms with Gasteiger partial charge in [0.15, 0.2) is 0 Å². The van der Waals surface area contributed by atoms with Crippen LogP contribution in [-0.2, 0) is 6.42 Å². The second-order valence-corrected chi connectivity index (χ2v) is 6.99. The van der Waals surface area contributed by atoms with E-state index in [0.29, 0.717) is 30.0 Å². The fourth-order valence-corrected chi connectivity index (χ4v) is 3.24. The van der Waals surface area contributed by atoms with E-state index in [0.717, 1.165) is 16.5 Å². The number of aromatic nitrogens is 2. The molecule has 2 aromatic heterocycles. The maximum atomic E-state index is 12.4. The largest absolute Gasteiger partial charge is 0.457 e. The summed E-state index contributed by atoms with van der Waals surface area (Å²) in [5.74, 6) is 0.801. The van der Waals surface area contributed by atoms with Crippen molar-refractivity contribution in [2.75, 3.05) is 13.6 Å². The van der Waals surface area contributed by atoms with Gasteiger partial charge < -0.3 is 20.4 Å². The number of fused-ring (bicyclic) bond motifs is 1. The zero-order chi connectivity index (χ0) is 21.6. The minimum atomic E-state index is -0.273. The zero-order valence-electron chi connectivity index (χ0n) is 17.0. The maximum Gasteiger partial charge on any atom is 0.269 e. The van der Waals surface area contributed by atoms with Crippen LogP contribution < -0.4 is 15.4 Å². The lowest BCUT2D eigenvalue weighted by molar-refractivity contribution is 0.0948. The molecule has 0 atom stereocenters. The van der Waals surface area contributed by atoms with E-state index in [4.69, 9.17) is 4.74 Å². The van der Waals surface area contributed by atoms with Crippen molar-refractivity contribution in [1.29, 1.82) is 0 Å². The normalized spacial score (nSPS) is 10.6. The molecule has 0 saturated heterocycles. The Morgan fingerprint density at radius 3 is 2.74 bits per heavy atom. The molecule has 2 aromatic carbocycles. The zero-order valence-corrected chi connectivity index (χ0v) is 17.0. The van der Waals surface area contributed by atoms with Gasteiger partial charge in [0, 0.05) is 48.5 Å². The first kappa shape index (κ1) is 20.2. The van der Waals surface area contributed by atoms with E-state index >= 15 is 0 Å². The average Bonchev–Trinajstić information content (AvgIpc) is 3.27. The lowest BCUT2D eigenvalue weighted by atomic mass is 10.1. The molecule has 0 aliphatic rings. The Morgan fingerprint density at radius 1 is 1.00 bits per heavy atom. The van der Waals surface area contributed by atoms with Gasteiger partial charge in [0.1, 0.15) is 17.2 Å². The molecule has 31 heavy (non-hydrogen) atoms. The lowest BCUT2D eigenvalue weighted by Crippen LogP contribution is -2.25. The topological polar surface area (TPSA) is 96.1 Å². The van der Waals surface area contributed by atoms with Crippen LogP contribution in [0.5, 0.6) is 11.5 Å². The predicted octanol–water partition coefficient (Wildman–Crippen LogP) is 3.69. The molecule has 0 saturated carbocycles. The van der Waals surface area contributed by atoms with Crippen LogP contribution in [0.1, 0.15) is 26.4 Å². The summed E-state index contributed by atoms with van der Waals surface area (Å²) in [5.41, 5.74) is 2.95. The number of pyridine rings is 1. The fraction of sp³-hybridized carbons (Fsp3) is 0.125. The van der Waals surface area contributed by atoms with Gasteiger partial charge in [-0.3, -0.25) is 14.6 Å². The van der Waals surface area contributed by atoms with Gasteiger partial charge in [-0.15, -0.1) is 0 Å². The number of carbonyl (C=O) groups is 2. The highest BCUT2D eigenvalue weighted by atomic mass is 16.5. The van der Waals surface area contributed by atoms with Crippen LogP contribution in [0.3, 0.4) is 0 Å². The summed E-state index contributed by atoms with van der Waals surface area (Å²) >= 11 is 0. The summed E-state index contributed by atoms with van der Waals surface area (Å²) in [7, 11) is 1.55. The number of benzene rings is 2. The van der Waals surface area contributed by atoms with Gasteiger partial charge in [-0.2, -0.15) is 0 Å². The van der Waals surface area contributed by atoms with E-state index < -0.39 is 0 Å². The number of H-pyrrole nitrogens is 1. The number of ether oxygens (including phenoxy) is 1. The molecule has 7 heteroatoms. The molecule has 3 N–H and O–H groups in total. The van der Waals surface area contributed by atoms with E-state index in [1.807, 2.05) is 54.7 Å². The first-order chi connectivity index (χ1) is 15.1. The standard InChI is InChI=1S/C24H22N4O3/c1-25-24(30)22-15-20(9-12-27-22)31-19-4-2-3-16(13-19)7-10-28-23(29)18-5-6-21-17(14-18)8-11-26-21/h2-6,8-9,11-15,26H,7,10H2,1H3,(H,25,30)(H,28,29). The van der Waals surface area contributed by atoms with Crippen LogP contribution in [0, 0.1) is 0 Å². The maximum absolute atomic E-state index is 12.4. The summed E-state index contributed by atoms with van der Waals surface area (Å²) in [6.07, 6.45) is 4.05. The molecule has 0 unspecified atom stereocenters. The predicted molar refractivity (Wildman–Crippen MR) is 118 cm³/mol. The third-order valence-electron chi connectivity index (χ3n) is 4.84. The number of amides is 2. The van der Waals surface area contributed by atoms with Gasteiger partial charge in [0.05, 0.1) is 0 Å². The summed E-state index contributed by atoms with van der Waals surface area (Å²) in [5, 5.41) is 6.50. The third kappa shape index (κ3) is 4.90. The second-order valence-electron chi connectivity index (χ2n) is 6.99. The molecule has 0 aliphatic heterocycles. The molecule has 0 radical (unpaired) electrons. The molecular weight excluding hydrogens is 392 g/mol. The fourth-order valence-electron chi connectivity index (χ4n) is 3.24. The van der Waals surface area contributed by atoms with E-state index in [9.17, 15) is 9.59 Å². The number of aromatic amines is 1. The van der Waals surface area contributed by atoms with Crippen molar-refractivity contribution >= 4 is 22.7 Å². The Bertz CT molecular complexity index is 1230. The average molecular weight is 414 g/mol. The van der Waals surface area contributed by atoms with Gasteiger partial charge in [0.25, 0.3) is 11.8 Å². The number of rotatable bonds is 7. The van der Waals surface area contributed by atoms with Crippen LogP contribution in [-0.4, -0.2) is 35.4 Å². The Kier molecular flexibility index (Phi) is 5.93.